The third kappa shape index (κ3) is 3.57. The van der Waals surface area contributed by atoms with Crippen LogP contribution >= 0.6 is 11.8 Å². The van der Waals surface area contributed by atoms with E-state index in [4.69, 9.17) is 0 Å². The molecule has 0 saturated heterocycles. The van der Waals surface area contributed by atoms with Crippen molar-refractivity contribution < 1.29 is 5.11 Å². The minimum absolute atomic E-state index is 0.0129. The molecule has 0 amide bonds. The average Bonchev–Trinajstić information content (AvgIpc) is 2.85. The highest BCUT2D eigenvalue weighted by Crippen LogP contribution is 2.39. The number of rotatable bonds is 7. The topological polar surface area (TPSA) is 32.3 Å². The molecule has 1 aromatic carbocycles. The molecule has 2 atom stereocenters. The molecule has 0 aromatic heterocycles. The second-order valence-electron chi connectivity index (χ2n) is 5.84. The fourth-order valence-corrected chi connectivity index (χ4v) is 4.54. The summed E-state index contributed by atoms with van der Waals surface area (Å²) < 4.78 is 0. The first-order valence-corrected chi connectivity index (χ1v) is 8.74. The average molecular weight is 293 g/mol. The summed E-state index contributed by atoms with van der Waals surface area (Å²) in [6, 6.07) is 8.59. The van der Waals surface area contributed by atoms with Crippen LogP contribution in [0.1, 0.15) is 38.2 Å². The van der Waals surface area contributed by atoms with Crippen molar-refractivity contribution in [1.82, 2.24) is 5.32 Å². The summed E-state index contributed by atoms with van der Waals surface area (Å²) >= 11 is 1.95. The van der Waals surface area contributed by atoms with Crippen LogP contribution in [0, 0.1) is 12.8 Å². The lowest BCUT2D eigenvalue weighted by Crippen LogP contribution is -2.51. The third-order valence-electron chi connectivity index (χ3n) is 4.59. The summed E-state index contributed by atoms with van der Waals surface area (Å²) in [5, 5.41) is 13.4. The molecule has 3 heteroatoms. The number of aliphatic hydroxyl groups excluding tert-OH is 1. The van der Waals surface area contributed by atoms with Gasteiger partial charge >= 0.3 is 0 Å². The van der Waals surface area contributed by atoms with E-state index in [2.05, 4.69) is 43.4 Å². The van der Waals surface area contributed by atoms with Gasteiger partial charge in [0.05, 0.1) is 6.61 Å². The summed E-state index contributed by atoms with van der Waals surface area (Å²) in [7, 11) is 0. The largest absolute Gasteiger partial charge is 0.394 e. The Bertz CT molecular complexity index is 423. The van der Waals surface area contributed by atoms with E-state index in [-0.39, 0.29) is 12.1 Å². The van der Waals surface area contributed by atoms with Crippen LogP contribution in [0.2, 0.25) is 0 Å². The molecule has 2 rings (SSSR count). The van der Waals surface area contributed by atoms with E-state index in [0.29, 0.717) is 5.92 Å². The number of hydrogen-bond donors (Lipinski definition) is 2. The Morgan fingerprint density at radius 1 is 1.40 bits per heavy atom. The molecule has 1 saturated carbocycles. The van der Waals surface area contributed by atoms with Crippen molar-refractivity contribution in [2.24, 2.45) is 5.92 Å². The number of nitrogens with one attached hydrogen (secondary N) is 1. The van der Waals surface area contributed by atoms with Gasteiger partial charge in [-0.05, 0) is 56.0 Å². The minimum atomic E-state index is -0.0129. The zero-order chi connectivity index (χ0) is 14.4. The molecule has 2 nitrogen and oxygen atoms in total. The van der Waals surface area contributed by atoms with E-state index in [0.717, 1.165) is 18.7 Å². The van der Waals surface area contributed by atoms with Crippen LogP contribution in [0.3, 0.4) is 0 Å². The first kappa shape index (κ1) is 15.9. The van der Waals surface area contributed by atoms with Gasteiger partial charge < -0.3 is 10.4 Å². The standard InChI is InChI=1S/C17H27NOS/c1-3-18-17(13-19)11-6-8-15(17)10-12-20-16-9-5-4-7-14(16)2/h4-5,7,9,15,18-19H,3,6,8,10-13H2,1-2H3. The summed E-state index contributed by atoms with van der Waals surface area (Å²) in [6.07, 6.45) is 4.80. The number of likely N-dealkylation sites (N-methyl/N-ethyl adjacent to an activating group) is 1. The first-order valence-electron chi connectivity index (χ1n) is 7.76. The van der Waals surface area contributed by atoms with Crippen molar-refractivity contribution >= 4 is 11.8 Å². The molecule has 2 N–H and O–H groups in total. The molecule has 1 aliphatic carbocycles. The van der Waals surface area contributed by atoms with Crippen LogP contribution in [0.4, 0.5) is 0 Å². The Balaban J connectivity index is 1.88. The maximum Gasteiger partial charge on any atom is 0.0616 e. The third-order valence-corrected chi connectivity index (χ3v) is 5.79. The van der Waals surface area contributed by atoms with E-state index in [1.54, 1.807) is 0 Å². The highest BCUT2D eigenvalue weighted by Gasteiger charge is 2.41. The van der Waals surface area contributed by atoms with Gasteiger partial charge in [-0.25, -0.2) is 0 Å². The van der Waals surface area contributed by atoms with Gasteiger partial charge in [0.25, 0.3) is 0 Å². The lowest BCUT2D eigenvalue weighted by Gasteiger charge is -2.35. The Morgan fingerprint density at radius 2 is 2.20 bits per heavy atom. The monoisotopic (exact) mass is 293 g/mol. The Morgan fingerprint density at radius 3 is 2.90 bits per heavy atom. The van der Waals surface area contributed by atoms with E-state index in [9.17, 15) is 5.11 Å². The van der Waals surface area contributed by atoms with Gasteiger partial charge in [-0.3, -0.25) is 0 Å². The molecule has 0 spiro atoms. The number of hydrogen-bond acceptors (Lipinski definition) is 3. The van der Waals surface area contributed by atoms with Gasteiger partial charge in [-0.15, -0.1) is 11.8 Å². The van der Waals surface area contributed by atoms with Crippen molar-refractivity contribution in [3.63, 3.8) is 0 Å². The highest BCUT2D eigenvalue weighted by molar-refractivity contribution is 7.99. The van der Waals surface area contributed by atoms with Gasteiger partial charge in [0.15, 0.2) is 0 Å². The second kappa shape index (κ2) is 7.48. The van der Waals surface area contributed by atoms with Crippen molar-refractivity contribution in [2.75, 3.05) is 18.9 Å². The molecule has 0 radical (unpaired) electrons. The van der Waals surface area contributed by atoms with E-state index >= 15 is 0 Å². The molecule has 0 aliphatic heterocycles. The summed E-state index contributed by atoms with van der Waals surface area (Å²) in [4.78, 5) is 1.39. The van der Waals surface area contributed by atoms with E-state index in [1.165, 1.54) is 29.7 Å². The lowest BCUT2D eigenvalue weighted by atomic mass is 9.86. The second-order valence-corrected chi connectivity index (χ2v) is 6.97. The maximum absolute atomic E-state index is 9.81. The SMILES string of the molecule is CCNC1(CO)CCCC1CCSc1ccccc1C. The zero-order valence-electron chi connectivity index (χ0n) is 12.7. The highest BCUT2D eigenvalue weighted by atomic mass is 32.2. The van der Waals surface area contributed by atoms with Gasteiger partial charge in [0.1, 0.15) is 0 Å². The molecule has 1 aromatic rings. The summed E-state index contributed by atoms with van der Waals surface area (Å²) in [5.74, 6) is 1.76. The predicted molar refractivity (Wildman–Crippen MR) is 87.4 cm³/mol. The summed E-state index contributed by atoms with van der Waals surface area (Å²) in [6.45, 7) is 5.53. The van der Waals surface area contributed by atoms with Crippen molar-refractivity contribution in [2.45, 2.75) is 50.0 Å². The zero-order valence-corrected chi connectivity index (χ0v) is 13.5. The smallest absolute Gasteiger partial charge is 0.0616 e. The van der Waals surface area contributed by atoms with E-state index < -0.39 is 0 Å². The van der Waals surface area contributed by atoms with Crippen molar-refractivity contribution in [3.8, 4) is 0 Å². The fourth-order valence-electron chi connectivity index (χ4n) is 3.44. The lowest BCUT2D eigenvalue weighted by molar-refractivity contribution is 0.124. The van der Waals surface area contributed by atoms with Crippen LogP contribution < -0.4 is 5.32 Å². The summed E-state index contributed by atoms with van der Waals surface area (Å²) in [5.41, 5.74) is 1.35. The van der Waals surface area contributed by atoms with Gasteiger partial charge in [-0.1, -0.05) is 31.5 Å². The van der Waals surface area contributed by atoms with Crippen molar-refractivity contribution in [1.29, 1.82) is 0 Å². The molecule has 20 heavy (non-hydrogen) atoms. The first-order chi connectivity index (χ1) is 9.72. The minimum Gasteiger partial charge on any atom is -0.394 e. The van der Waals surface area contributed by atoms with Crippen molar-refractivity contribution in [3.05, 3.63) is 29.8 Å². The molecule has 1 aliphatic rings. The van der Waals surface area contributed by atoms with Crippen LogP contribution in [0.15, 0.2) is 29.2 Å². The molecule has 0 heterocycles. The number of aryl methyl sites for hydroxylation is 1. The molecule has 0 bridgehead atoms. The van der Waals surface area contributed by atoms with Crippen LogP contribution in [0.25, 0.3) is 0 Å². The Kier molecular flexibility index (Phi) is 5.94. The molecule has 112 valence electrons. The maximum atomic E-state index is 9.81. The number of thioether (sulfide) groups is 1. The molecule has 2 unspecified atom stereocenters. The molecular formula is C17H27NOS. The Hall–Kier alpha value is -0.510. The van der Waals surface area contributed by atoms with Crippen LogP contribution in [-0.2, 0) is 0 Å². The quantitative estimate of drug-likeness (QED) is 0.753. The van der Waals surface area contributed by atoms with E-state index in [1.807, 2.05) is 11.8 Å². The molecule has 1 fully saturated rings. The Labute approximate surface area is 127 Å². The van der Waals surface area contributed by atoms with Crippen LogP contribution in [0.5, 0.6) is 0 Å². The van der Waals surface area contributed by atoms with Gasteiger partial charge in [-0.2, -0.15) is 0 Å². The fraction of sp³-hybridized carbons (Fsp3) is 0.647. The normalized spacial score (nSPS) is 26.1. The molecular weight excluding hydrogens is 266 g/mol. The number of benzene rings is 1. The number of aliphatic hydroxyl groups is 1. The predicted octanol–water partition coefficient (Wildman–Crippen LogP) is 3.62. The van der Waals surface area contributed by atoms with Gasteiger partial charge in [0, 0.05) is 10.4 Å². The van der Waals surface area contributed by atoms with Gasteiger partial charge in [0.2, 0.25) is 0 Å². The van der Waals surface area contributed by atoms with Crippen LogP contribution in [-0.4, -0.2) is 29.5 Å².